The van der Waals surface area contributed by atoms with Gasteiger partial charge in [-0.15, -0.1) is 11.3 Å². The Kier molecular flexibility index (Phi) is 5.78. The number of anilines is 1. The topological polar surface area (TPSA) is 70.7 Å². The highest BCUT2D eigenvalue weighted by Gasteiger charge is 2.17. The molecule has 0 spiro atoms. The van der Waals surface area contributed by atoms with Gasteiger partial charge in [0.05, 0.1) is 10.6 Å². The van der Waals surface area contributed by atoms with Gasteiger partial charge < -0.3 is 5.32 Å². The van der Waals surface area contributed by atoms with Crippen molar-refractivity contribution in [2.45, 2.75) is 13.8 Å². The van der Waals surface area contributed by atoms with Crippen molar-refractivity contribution in [2.24, 2.45) is 0 Å². The number of thiophene rings is 1. The van der Waals surface area contributed by atoms with Gasteiger partial charge in [0.1, 0.15) is 17.3 Å². The summed E-state index contributed by atoms with van der Waals surface area (Å²) in [6.45, 7) is 3.86. The average Bonchev–Trinajstić information content (AvgIpc) is 3.45. The summed E-state index contributed by atoms with van der Waals surface area (Å²) in [5, 5.41) is 19.3. The van der Waals surface area contributed by atoms with Gasteiger partial charge in [-0.25, -0.2) is 4.68 Å². The van der Waals surface area contributed by atoms with Crippen LogP contribution in [0.15, 0.2) is 77.8 Å². The predicted octanol–water partition coefficient (Wildman–Crippen LogP) is 5.76. The molecule has 31 heavy (non-hydrogen) atoms. The Balaban J connectivity index is 1.74. The van der Waals surface area contributed by atoms with Crippen LogP contribution in [0.5, 0.6) is 0 Å². The Morgan fingerprint density at radius 2 is 1.81 bits per heavy atom. The molecule has 0 aliphatic carbocycles. The van der Waals surface area contributed by atoms with E-state index in [9.17, 15) is 10.1 Å². The van der Waals surface area contributed by atoms with Gasteiger partial charge in [0.2, 0.25) is 0 Å². The lowest BCUT2D eigenvalue weighted by Gasteiger charge is -2.10. The van der Waals surface area contributed by atoms with E-state index in [0.29, 0.717) is 5.56 Å². The van der Waals surface area contributed by atoms with E-state index in [4.69, 9.17) is 5.10 Å². The zero-order valence-electron chi connectivity index (χ0n) is 17.2. The number of aromatic nitrogens is 2. The van der Waals surface area contributed by atoms with Crippen molar-refractivity contribution in [1.82, 2.24) is 9.78 Å². The van der Waals surface area contributed by atoms with Crippen LogP contribution in [0.3, 0.4) is 0 Å². The third kappa shape index (κ3) is 4.32. The van der Waals surface area contributed by atoms with Gasteiger partial charge in [0.25, 0.3) is 5.91 Å². The number of rotatable bonds is 5. The van der Waals surface area contributed by atoms with E-state index in [1.54, 1.807) is 22.1 Å². The van der Waals surface area contributed by atoms with Crippen molar-refractivity contribution in [1.29, 1.82) is 5.26 Å². The van der Waals surface area contributed by atoms with Gasteiger partial charge >= 0.3 is 0 Å². The van der Waals surface area contributed by atoms with Crippen molar-refractivity contribution in [3.8, 4) is 22.3 Å². The zero-order chi connectivity index (χ0) is 21.8. The highest BCUT2D eigenvalue weighted by molar-refractivity contribution is 7.13. The highest BCUT2D eigenvalue weighted by atomic mass is 32.1. The van der Waals surface area contributed by atoms with Crippen LogP contribution in [0, 0.1) is 25.2 Å². The van der Waals surface area contributed by atoms with Crippen LogP contribution in [0.25, 0.3) is 22.3 Å². The number of aryl methyl sites for hydroxylation is 2. The number of carbonyl (C=O) groups is 1. The van der Waals surface area contributed by atoms with Crippen molar-refractivity contribution in [2.75, 3.05) is 5.32 Å². The molecular weight excluding hydrogens is 404 g/mol. The quantitative estimate of drug-likeness (QED) is 0.327. The minimum absolute atomic E-state index is 0.0214. The third-order valence-electron chi connectivity index (χ3n) is 4.90. The van der Waals surface area contributed by atoms with Gasteiger partial charge in [0.15, 0.2) is 0 Å². The van der Waals surface area contributed by atoms with Gasteiger partial charge in [0, 0.05) is 17.4 Å². The molecule has 0 aliphatic rings. The van der Waals surface area contributed by atoms with E-state index >= 15 is 0 Å². The minimum Gasteiger partial charge on any atom is -0.321 e. The minimum atomic E-state index is -0.440. The van der Waals surface area contributed by atoms with Crippen molar-refractivity contribution in [3.63, 3.8) is 0 Å². The largest absolute Gasteiger partial charge is 0.321 e. The van der Waals surface area contributed by atoms with Gasteiger partial charge in [-0.3, -0.25) is 4.79 Å². The molecule has 2 aromatic heterocycles. The molecule has 6 heteroatoms. The number of benzene rings is 2. The van der Waals surface area contributed by atoms with E-state index in [-0.39, 0.29) is 5.57 Å². The Bertz CT molecular complexity index is 1280. The number of hydrogen-bond donors (Lipinski definition) is 1. The summed E-state index contributed by atoms with van der Waals surface area (Å²) in [5.74, 6) is -0.440. The summed E-state index contributed by atoms with van der Waals surface area (Å²) in [6.07, 6.45) is 3.44. The van der Waals surface area contributed by atoms with E-state index in [0.717, 1.165) is 33.1 Å². The fraction of sp³-hybridized carbons (Fsp3) is 0.0800. The maximum atomic E-state index is 12.9. The van der Waals surface area contributed by atoms with Crippen LogP contribution in [0.1, 0.15) is 16.7 Å². The van der Waals surface area contributed by atoms with E-state index < -0.39 is 5.91 Å². The summed E-state index contributed by atoms with van der Waals surface area (Å²) < 4.78 is 1.76. The number of nitrogens with one attached hydrogen (secondary N) is 1. The number of nitriles is 1. The Morgan fingerprint density at radius 3 is 2.45 bits per heavy atom. The second-order valence-electron chi connectivity index (χ2n) is 7.08. The molecule has 0 unspecified atom stereocenters. The van der Waals surface area contributed by atoms with Crippen molar-refractivity contribution < 1.29 is 4.79 Å². The maximum absolute atomic E-state index is 12.9. The van der Waals surface area contributed by atoms with Crippen LogP contribution < -0.4 is 5.32 Å². The molecule has 1 amide bonds. The zero-order valence-corrected chi connectivity index (χ0v) is 18.0. The third-order valence-corrected chi connectivity index (χ3v) is 5.78. The molecule has 2 aromatic carbocycles. The van der Waals surface area contributed by atoms with Crippen molar-refractivity contribution in [3.05, 3.63) is 94.5 Å². The molecule has 1 N–H and O–H groups in total. The molecular formula is C25H20N4OS. The Labute approximate surface area is 184 Å². The number of nitrogens with zero attached hydrogens (tertiary/aromatic N) is 3. The Morgan fingerprint density at radius 1 is 1.06 bits per heavy atom. The molecule has 0 saturated carbocycles. The molecule has 0 radical (unpaired) electrons. The van der Waals surface area contributed by atoms with Crippen molar-refractivity contribution >= 4 is 29.0 Å². The normalized spacial score (nSPS) is 11.2. The second kappa shape index (κ2) is 8.82. The Hall–Kier alpha value is -3.95. The van der Waals surface area contributed by atoms with Crippen LogP contribution in [0.2, 0.25) is 0 Å². The molecule has 4 rings (SSSR count). The molecule has 5 nitrogen and oxygen atoms in total. The predicted molar refractivity (Wildman–Crippen MR) is 125 cm³/mol. The lowest BCUT2D eigenvalue weighted by atomic mass is 10.1. The lowest BCUT2D eigenvalue weighted by molar-refractivity contribution is -0.112. The summed E-state index contributed by atoms with van der Waals surface area (Å²) in [7, 11) is 0. The van der Waals surface area contributed by atoms with Gasteiger partial charge in [-0.05, 0) is 54.6 Å². The molecule has 0 atom stereocenters. The van der Waals surface area contributed by atoms with Gasteiger partial charge in [-0.1, -0.05) is 42.5 Å². The number of para-hydroxylation sites is 2. The molecule has 0 fully saturated rings. The first-order valence-electron chi connectivity index (χ1n) is 9.75. The maximum Gasteiger partial charge on any atom is 0.266 e. The van der Waals surface area contributed by atoms with Crippen LogP contribution in [-0.4, -0.2) is 15.7 Å². The fourth-order valence-corrected chi connectivity index (χ4v) is 4.04. The molecule has 0 bridgehead atoms. The smallest absolute Gasteiger partial charge is 0.266 e. The van der Waals surface area contributed by atoms with E-state index in [1.165, 1.54) is 0 Å². The highest BCUT2D eigenvalue weighted by Crippen LogP contribution is 2.29. The fourth-order valence-electron chi connectivity index (χ4n) is 3.31. The molecule has 4 aromatic rings. The monoisotopic (exact) mass is 424 g/mol. The van der Waals surface area contributed by atoms with Crippen LogP contribution in [-0.2, 0) is 4.79 Å². The van der Waals surface area contributed by atoms with Crippen LogP contribution >= 0.6 is 11.3 Å². The second-order valence-corrected chi connectivity index (χ2v) is 8.03. The molecule has 152 valence electrons. The van der Waals surface area contributed by atoms with Gasteiger partial charge in [-0.2, -0.15) is 10.4 Å². The molecule has 0 saturated heterocycles. The van der Waals surface area contributed by atoms with Crippen LogP contribution in [0.4, 0.5) is 5.69 Å². The lowest BCUT2D eigenvalue weighted by Crippen LogP contribution is -2.15. The summed E-state index contributed by atoms with van der Waals surface area (Å²) >= 11 is 1.56. The average molecular weight is 425 g/mol. The number of hydrogen-bond acceptors (Lipinski definition) is 4. The SMILES string of the molecule is Cc1cccc(C)c1NC(=O)/C(C#N)=C/c1cn(-c2ccccc2)nc1-c1cccs1. The summed E-state index contributed by atoms with van der Waals surface area (Å²) in [5.41, 5.74) is 4.98. The summed E-state index contributed by atoms with van der Waals surface area (Å²) in [4.78, 5) is 13.9. The van der Waals surface area contributed by atoms with E-state index in [1.807, 2.05) is 92.2 Å². The number of carbonyl (C=O) groups excluding carboxylic acids is 1. The first-order valence-corrected chi connectivity index (χ1v) is 10.6. The first-order chi connectivity index (χ1) is 15.1. The van der Waals surface area contributed by atoms with E-state index in [2.05, 4.69) is 5.32 Å². The number of amides is 1. The molecule has 0 aliphatic heterocycles. The standard InChI is InChI=1S/C25H20N4OS/c1-17-8-6-9-18(2)23(17)27-25(30)19(15-26)14-20-16-29(21-10-4-3-5-11-21)28-24(20)22-12-7-13-31-22/h3-14,16H,1-2H3,(H,27,30)/b19-14+. The summed E-state index contributed by atoms with van der Waals surface area (Å²) in [6, 6.07) is 21.5. The first kappa shape index (κ1) is 20.3. The molecule has 2 heterocycles.